The molecule has 0 aliphatic carbocycles. The standard InChI is InChI=1S/C11H8O2.Na.H/c12-11(13)10-7-3-5-8-4-1-2-6-9(8)10;;/h1-7H,(H,12,13);;/q;+1;-1. The van der Waals surface area contributed by atoms with Gasteiger partial charge < -0.3 is 6.53 Å². The maximum atomic E-state index is 10.8. The third-order valence-corrected chi connectivity index (χ3v) is 2.02. The van der Waals surface area contributed by atoms with Gasteiger partial charge >= 0.3 is 35.5 Å². The normalized spacial score (nSPS) is 9.43. The molecule has 0 radical (unpaired) electrons. The van der Waals surface area contributed by atoms with Gasteiger partial charge in [0.1, 0.15) is 0 Å². The summed E-state index contributed by atoms with van der Waals surface area (Å²) in [6.07, 6.45) is 0. The topological polar surface area (TPSA) is 37.3 Å². The molecule has 2 rings (SSSR count). The molecule has 0 spiro atoms. The summed E-state index contributed by atoms with van der Waals surface area (Å²) in [6, 6.07) is 12.7. The molecule has 1 N–H and O–H groups in total. The molecule has 0 aromatic heterocycles. The largest absolute Gasteiger partial charge is 1.00 e. The predicted molar refractivity (Wildman–Crippen MR) is 52.0 cm³/mol. The van der Waals surface area contributed by atoms with E-state index >= 15 is 0 Å². The second kappa shape index (κ2) is 4.60. The molecule has 0 saturated carbocycles. The summed E-state index contributed by atoms with van der Waals surface area (Å²) in [7, 11) is 0. The molecule has 0 amide bonds. The van der Waals surface area contributed by atoms with E-state index < -0.39 is 5.97 Å². The van der Waals surface area contributed by atoms with Crippen LogP contribution in [0.4, 0.5) is 0 Å². The van der Waals surface area contributed by atoms with Gasteiger partial charge in [0.2, 0.25) is 0 Å². The maximum absolute atomic E-state index is 10.8. The SMILES string of the molecule is O=C(O)c1cccc2ccccc12.[H-].[Na+]. The van der Waals surface area contributed by atoms with Crippen molar-refractivity contribution in [1.29, 1.82) is 0 Å². The van der Waals surface area contributed by atoms with Crippen molar-refractivity contribution >= 4 is 16.7 Å². The molecule has 0 unspecified atom stereocenters. The molecule has 0 fully saturated rings. The van der Waals surface area contributed by atoms with Gasteiger partial charge in [-0.25, -0.2) is 4.79 Å². The minimum atomic E-state index is -0.878. The van der Waals surface area contributed by atoms with Gasteiger partial charge in [-0.2, -0.15) is 0 Å². The van der Waals surface area contributed by atoms with Gasteiger partial charge in [-0.1, -0.05) is 36.4 Å². The second-order valence-corrected chi connectivity index (χ2v) is 2.83. The monoisotopic (exact) mass is 196 g/mol. The summed E-state index contributed by atoms with van der Waals surface area (Å²) in [5.41, 5.74) is 0.359. The van der Waals surface area contributed by atoms with Crippen molar-refractivity contribution in [3.05, 3.63) is 48.0 Å². The van der Waals surface area contributed by atoms with Crippen molar-refractivity contribution in [2.24, 2.45) is 0 Å². The summed E-state index contributed by atoms with van der Waals surface area (Å²) >= 11 is 0. The second-order valence-electron chi connectivity index (χ2n) is 2.83. The van der Waals surface area contributed by atoms with Crippen molar-refractivity contribution in [2.75, 3.05) is 0 Å². The smallest absolute Gasteiger partial charge is 1.00 e. The van der Waals surface area contributed by atoms with Crippen molar-refractivity contribution < 1.29 is 40.9 Å². The van der Waals surface area contributed by atoms with Crippen LogP contribution in [-0.2, 0) is 0 Å². The Morgan fingerprint density at radius 1 is 1.07 bits per heavy atom. The zero-order valence-corrected chi connectivity index (χ0v) is 9.90. The van der Waals surface area contributed by atoms with Gasteiger partial charge in [-0.3, -0.25) is 0 Å². The molecule has 2 aromatic carbocycles. The molecule has 0 aliphatic rings. The minimum absolute atomic E-state index is 0. The van der Waals surface area contributed by atoms with Gasteiger partial charge in [0.15, 0.2) is 0 Å². The first-order chi connectivity index (χ1) is 6.29. The van der Waals surface area contributed by atoms with E-state index in [2.05, 4.69) is 0 Å². The van der Waals surface area contributed by atoms with E-state index in [4.69, 9.17) is 5.11 Å². The van der Waals surface area contributed by atoms with Crippen LogP contribution in [-0.4, -0.2) is 11.1 Å². The van der Waals surface area contributed by atoms with Gasteiger partial charge in [-0.05, 0) is 16.8 Å². The number of fused-ring (bicyclic) bond motifs is 1. The Morgan fingerprint density at radius 2 is 1.71 bits per heavy atom. The number of benzene rings is 2. The Labute approximate surface area is 105 Å². The zero-order valence-electron chi connectivity index (χ0n) is 8.90. The zero-order chi connectivity index (χ0) is 9.26. The summed E-state index contributed by atoms with van der Waals surface area (Å²) in [5, 5.41) is 10.6. The third-order valence-electron chi connectivity index (χ3n) is 2.02. The Bertz CT molecular complexity index is 466. The van der Waals surface area contributed by atoms with Gasteiger partial charge in [-0.15, -0.1) is 0 Å². The van der Waals surface area contributed by atoms with Crippen LogP contribution in [0.3, 0.4) is 0 Å². The molecule has 2 aromatic rings. The molecule has 3 heteroatoms. The van der Waals surface area contributed by atoms with Gasteiger partial charge in [0.25, 0.3) is 0 Å². The van der Waals surface area contributed by atoms with Crippen molar-refractivity contribution in [3.8, 4) is 0 Å². The van der Waals surface area contributed by atoms with Gasteiger partial charge in [0, 0.05) is 0 Å². The molecule has 14 heavy (non-hydrogen) atoms. The number of hydrogen-bond acceptors (Lipinski definition) is 1. The molecule has 0 aliphatic heterocycles. The Balaban J connectivity index is 0.000000980. The number of hydrogen-bond donors (Lipinski definition) is 1. The van der Waals surface area contributed by atoms with Crippen LogP contribution in [0.15, 0.2) is 42.5 Å². The Kier molecular flexibility index (Phi) is 3.69. The van der Waals surface area contributed by atoms with Crippen LogP contribution in [0.5, 0.6) is 0 Å². The third kappa shape index (κ3) is 1.98. The minimum Gasteiger partial charge on any atom is -1.00 e. The number of carboxylic acid groups (broad SMARTS) is 1. The van der Waals surface area contributed by atoms with Crippen LogP contribution in [0.1, 0.15) is 11.8 Å². The van der Waals surface area contributed by atoms with Crippen LogP contribution >= 0.6 is 0 Å². The molecule has 0 atom stereocenters. The Hall–Kier alpha value is -0.830. The van der Waals surface area contributed by atoms with E-state index in [0.717, 1.165) is 10.8 Å². The average Bonchev–Trinajstić information content (AvgIpc) is 2.17. The molecule has 2 nitrogen and oxygen atoms in total. The quantitative estimate of drug-likeness (QED) is 0.633. The number of carbonyl (C=O) groups is 1. The fourth-order valence-electron chi connectivity index (χ4n) is 1.41. The number of carboxylic acids is 1. The summed E-state index contributed by atoms with van der Waals surface area (Å²) in [4.78, 5) is 10.8. The van der Waals surface area contributed by atoms with Crippen LogP contribution < -0.4 is 29.6 Å². The van der Waals surface area contributed by atoms with E-state index in [1.165, 1.54) is 0 Å². The van der Waals surface area contributed by atoms with Crippen molar-refractivity contribution in [2.45, 2.75) is 0 Å². The number of aromatic carboxylic acids is 1. The first-order valence-corrected chi connectivity index (χ1v) is 4.00. The van der Waals surface area contributed by atoms with E-state index in [9.17, 15) is 4.79 Å². The van der Waals surface area contributed by atoms with Gasteiger partial charge in [0.05, 0.1) is 5.56 Å². The maximum Gasteiger partial charge on any atom is 1.00 e. The summed E-state index contributed by atoms with van der Waals surface area (Å²) in [6.45, 7) is 0. The number of rotatable bonds is 1. The first-order valence-electron chi connectivity index (χ1n) is 4.00. The molecular formula is C11H9NaO2. The van der Waals surface area contributed by atoms with E-state index in [0.29, 0.717) is 5.56 Å². The van der Waals surface area contributed by atoms with Crippen LogP contribution in [0, 0.1) is 0 Å². The van der Waals surface area contributed by atoms with E-state index in [1.807, 2.05) is 30.3 Å². The van der Waals surface area contributed by atoms with Crippen LogP contribution in [0.2, 0.25) is 0 Å². The predicted octanol–water partition coefficient (Wildman–Crippen LogP) is -0.345. The molecule has 0 saturated heterocycles. The van der Waals surface area contributed by atoms with E-state index in [1.54, 1.807) is 12.1 Å². The Morgan fingerprint density at radius 3 is 2.43 bits per heavy atom. The molecule has 66 valence electrons. The summed E-state index contributed by atoms with van der Waals surface area (Å²) < 4.78 is 0. The fraction of sp³-hybridized carbons (Fsp3) is 0. The van der Waals surface area contributed by atoms with E-state index in [-0.39, 0.29) is 31.0 Å². The van der Waals surface area contributed by atoms with Crippen molar-refractivity contribution in [1.82, 2.24) is 0 Å². The van der Waals surface area contributed by atoms with Crippen molar-refractivity contribution in [3.63, 3.8) is 0 Å². The first kappa shape index (κ1) is 11.2. The van der Waals surface area contributed by atoms with Crippen LogP contribution in [0.25, 0.3) is 10.8 Å². The molecular weight excluding hydrogens is 187 g/mol. The average molecular weight is 196 g/mol. The molecule has 0 bridgehead atoms. The molecule has 0 heterocycles. The summed E-state index contributed by atoms with van der Waals surface area (Å²) in [5.74, 6) is -0.878. The fourth-order valence-corrected chi connectivity index (χ4v) is 1.41.